The zero-order chi connectivity index (χ0) is 18.9. The topological polar surface area (TPSA) is 54.0 Å². The van der Waals surface area contributed by atoms with Crippen molar-refractivity contribution in [3.8, 4) is 17.6 Å². The quantitative estimate of drug-likeness (QED) is 0.433. The normalized spacial score (nSPS) is 24.7. The van der Waals surface area contributed by atoms with Crippen LogP contribution in [0.1, 0.15) is 38.5 Å². The average Bonchev–Trinajstić information content (AvgIpc) is 3.15. The fourth-order valence-electron chi connectivity index (χ4n) is 3.06. The second-order valence-corrected chi connectivity index (χ2v) is 6.68. The molecular weight excluding hydrogens is 351 g/mol. The molecule has 0 aromatic heterocycles. The molecule has 2 aliphatic rings. The maximum absolute atomic E-state index is 12.9. The van der Waals surface area contributed by atoms with E-state index >= 15 is 0 Å². The van der Waals surface area contributed by atoms with Crippen LogP contribution in [0.4, 0.5) is 4.39 Å². The molecule has 2 heterocycles. The maximum Gasteiger partial charge on any atom is 0.335 e. The molecular formula is C21H25FO5. The number of esters is 1. The Morgan fingerprint density at radius 2 is 2.04 bits per heavy atom. The maximum atomic E-state index is 12.9. The van der Waals surface area contributed by atoms with Gasteiger partial charge in [-0.3, -0.25) is 0 Å². The SMILES string of the molecule is O=C(OCCC#CC1CC[C@@H](COc2ccc(F)cc2)O1)C1CCCCO1. The summed E-state index contributed by atoms with van der Waals surface area (Å²) in [5.74, 6) is 6.13. The van der Waals surface area contributed by atoms with Crippen LogP contribution in [0.3, 0.4) is 0 Å². The summed E-state index contributed by atoms with van der Waals surface area (Å²) in [6.45, 7) is 1.32. The zero-order valence-corrected chi connectivity index (χ0v) is 15.3. The molecule has 0 N–H and O–H groups in total. The van der Waals surface area contributed by atoms with E-state index in [1.165, 1.54) is 12.1 Å². The number of carbonyl (C=O) groups is 1. The van der Waals surface area contributed by atoms with Gasteiger partial charge in [-0.25, -0.2) is 9.18 Å². The Morgan fingerprint density at radius 3 is 2.81 bits per heavy atom. The van der Waals surface area contributed by atoms with Crippen molar-refractivity contribution in [1.29, 1.82) is 0 Å². The van der Waals surface area contributed by atoms with Gasteiger partial charge in [0.05, 0.1) is 6.10 Å². The summed E-state index contributed by atoms with van der Waals surface area (Å²) in [5, 5.41) is 0. The molecule has 3 atom stereocenters. The summed E-state index contributed by atoms with van der Waals surface area (Å²) in [4.78, 5) is 11.8. The fourth-order valence-corrected chi connectivity index (χ4v) is 3.06. The minimum absolute atomic E-state index is 0.0179. The number of halogens is 1. The van der Waals surface area contributed by atoms with E-state index in [1.807, 2.05) is 0 Å². The molecule has 0 bridgehead atoms. The van der Waals surface area contributed by atoms with Crippen LogP contribution in [0, 0.1) is 17.7 Å². The van der Waals surface area contributed by atoms with Gasteiger partial charge in [0.2, 0.25) is 0 Å². The molecule has 146 valence electrons. The van der Waals surface area contributed by atoms with Crippen molar-refractivity contribution in [2.45, 2.75) is 56.8 Å². The molecule has 1 aromatic rings. The summed E-state index contributed by atoms with van der Waals surface area (Å²) in [7, 11) is 0. The summed E-state index contributed by atoms with van der Waals surface area (Å²) >= 11 is 0. The molecule has 0 radical (unpaired) electrons. The van der Waals surface area contributed by atoms with Crippen molar-refractivity contribution in [3.63, 3.8) is 0 Å². The van der Waals surface area contributed by atoms with E-state index in [1.54, 1.807) is 12.1 Å². The molecule has 2 unspecified atom stereocenters. The lowest BCUT2D eigenvalue weighted by molar-refractivity contribution is -0.159. The van der Waals surface area contributed by atoms with Gasteiger partial charge < -0.3 is 18.9 Å². The smallest absolute Gasteiger partial charge is 0.335 e. The highest BCUT2D eigenvalue weighted by Crippen LogP contribution is 2.21. The third-order valence-corrected chi connectivity index (χ3v) is 4.53. The van der Waals surface area contributed by atoms with Gasteiger partial charge in [0.1, 0.15) is 30.9 Å². The lowest BCUT2D eigenvalue weighted by Crippen LogP contribution is -2.30. The molecule has 0 saturated carbocycles. The van der Waals surface area contributed by atoms with Gasteiger partial charge in [0.25, 0.3) is 0 Å². The Kier molecular flexibility index (Phi) is 7.49. The molecule has 5 nitrogen and oxygen atoms in total. The standard InChI is InChI=1S/C21H25FO5/c22-16-7-9-17(10-8-16)26-15-19-12-11-18(27-19)5-1-3-14-25-21(23)20-6-2-4-13-24-20/h7-10,18-20H,2-4,6,11-15H2/t18?,19-,20?/m0/s1. The minimum Gasteiger partial charge on any atom is -0.491 e. The van der Waals surface area contributed by atoms with Crippen molar-refractivity contribution in [2.24, 2.45) is 0 Å². The average molecular weight is 376 g/mol. The Labute approximate surface area is 159 Å². The second-order valence-electron chi connectivity index (χ2n) is 6.68. The van der Waals surface area contributed by atoms with Crippen LogP contribution in [0.15, 0.2) is 24.3 Å². The molecule has 6 heteroatoms. The number of ether oxygens (including phenoxy) is 4. The molecule has 0 spiro atoms. The van der Waals surface area contributed by atoms with E-state index in [0.29, 0.717) is 25.4 Å². The summed E-state index contributed by atoms with van der Waals surface area (Å²) in [6, 6.07) is 5.93. The highest BCUT2D eigenvalue weighted by Gasteiger charge is 2.25. The Hall–Kier alpha value is -2.10. The van der Waals surface area contributed by atoms with E-state index < -0.39 is 6.10 Å². The molecule has 0 amide bonds. The second kappa shape index (κ2) is 10.3. The summed E-state index contributed by atoms with van der Waals surface area (Å²) in [6.07, 6.45) is 4.40. The summed E-state index contributed by atoms with van der Waals surface area (Å²) in [5.41, 5.74) is 0. The number of benzene rings is 1. The van der Waals surface area contributed by atoms with Gasteiger partial charge in [-0.2, -0.15) is 0 Å². The van der Waals surface area contributed by atoms with Gasteiger partial charge in [0, 0.05) is 13.0 Å². The highest BCUT2D eigenvalue weighted by atomic mass is 19.1. The van der Waals surface area contributed by atoms with Gasteiger partial charge in [-0.05, 0) is 56.4 Å². The number of hydrogen-bond donors (Lipinski definition) is 0. The number of hydrogen-bond acceptors (Lipinski definition) is 5. The van der Waals surface area contributed by atoms with Crippen LogP contribution in [0.5, 0.6) is 5.75 Å². The first-order valence-corrected chi connectivity index (χ1v) is 9.51. The van der Waals surface area contributed by atoms with E-state index in [9.17, 15) is 9.18 Å². The lowest BCUT2D eigenvalue weighted by atomic mass is 10.1. The fraction of sp³-hybridized carbons (Fsp3) is 0.571. The van der Waals surface area contributed by atoms with Crippen LogP contribution >= 0.6 is 0 Å². The summed E-state index contributed by atoms with van der Waals surface area (Å²) < 4.78 is 34.9. The van der Waals surface area contributed by atoms with Gasteiger partial charge in [0.15, 0.2) is 6.10 Å². The van der Waals surface area contributed by atoms with Gasteiger partial charge in [-0.15, -0.1) is 0 Å². The minimum atomic E-state index is -0.410. The first-order valence-electron chi connectivity index (χ1n) is 9.51. The first-order chi connectivity index (χ1) is 13.2. The van der Waals surface area contributed by atoms with Gasteiger partial charge in [-0.1, -0.05) is 11.8 Å². The van der Waals surface area contributed by atoms with Crippen molar-refractivity contribution in [2.75, 3.05) is 19.8 Å². The molecule has 2 saturated heterocycles. The predicted molar refractivity (Wildman–Crippen MR) is 96.7 cm³/mol. The number of carbonyl (C=O) groups excluding carboxylic acids is 1. The third-order valence-electron chi connectivity index (χ3n) is 4.53. The van der Waals surface area contributed by atoms with E-state index in [-0.39, 0.29) is 30.6 Å². The van der Waals surface area contributed by atoms with Crippen LogP contribution in [-0.4, -0.2) is 44.1 Å². The molecule has 1 aromatic carbocycles. The number of rotatable bonds is 6. The van der Waals surface area contributed by atoms with Gasteiger partial charge >= 0.3 is 5.97 Å². The van der Waals surface area contributed by atoms with Crippen molar-refractivity contribution < 1.29 is 28.1 Å². The van der Waals surface area contributed by atoms with Crippen LogP contribution in [-0.2, 0) is 19.0 Å². The largest absolute Gasteiger partial charge is 0.491 e. The molecule has 3 rings (SSSR count). The van der Waals surface area contributed by atoms with Crippen LogP contribution in [0.25, 0.3) is 0 Å². The van der Waals surface area contributed by atoms with Crippen LogP contribution < -0.4 is 4.74 Å². The Morgan fingerprint density at radius 1 is 1.19 bits per heavy atom. The molecule has 2 aliphatic heterocycles. The predicted octanol–water partition coefficient (Wildman–Crippen LogP) is 3.26. The Bertz CT molecular complexity index is 657. The Balaban J connectivity index is 1.29. The van der Waals surface area contributed by atoms with E-state index in [0.717, 1.165) is 32.1 Å². The highest BCUT2D eigenvalue weighted by molar-refractivity contribution is 5.74. The van der Waals surface area contributed by atoms with Crippen LogP contribution in [0.2, 0.25) is 0 Å². The van der Waals surface area contributed by atoms with E-state index in [4.69, 9.17) is 18.9 Å². The molecule has 27 heavy (non-hydrogen) atoms. The molecule has 2 fully saturated rings. The zero-order valence-electron chi connectivity index (χ0n) is 15.3. The monoisotopic (exact) mass is 376 g/mol. The van der Waals surface area contributed by atoms with Crippen molar-refractivity contribution >= 4 is 5.97 Å². The van der Waals surface area contributed by atoms with Crippen molar-refractivity contribution in [1.82, 2.24) is 0 Å². The first kappa shape index (κ1) is 19.7. The van der Waals surface area contributed by atoms with E-state index in [2.05, 4.69) is 11.8 Å². The third kappa shape index (κ3) is 6.53. The lowest BCUT2D eigenvalue weighted by Gasteiger charge is -2.20. The van der Waals surface area contributed by atoms with Crippen molar-refractivity contribution in [3.05, 3.63) is 30.1 Å². The molecule has 0 aliphatic carbocycles.